The Hall–Kier alpha value is -0.110. The van der Waals surface area contributed by atoms with E-state index >= 15 is 0 Å². The summed E-state index contributed by atoms with van der Waals surface area (Å²) in [4.78, 5) is 0. The van der Waals surface area contributed by atoms with Gasteiger partial charge in [0.2, 0.25) is 0 Å². The van der Waals surface area contributed by atoms with E-state index in [2.05, 4.69) is 10.2 Å². The Morgan fingerprint density at radius 1 is 1.27 bits per heavy atom. The molecule has 0 aliphatic rings. The molecule has 1 N–H and O–H groups in total. The van der Waals surface area contributed by atoms with Crippen molar-refractivity contribution in [1.82, 2.24) is 0 Å². The van der Waals surface area contributed by atoms with Crippen molar-refractivity contribution in [2.75, 3.05) is 13.2 Å². The molecule has 1 aromatic carbocycles. The zero-order chi connectivity index (χ0) is 10.4. The van der Waals surface area contributed by atoms with Gasteiger partial charge in [0.1, 0.15) is 13.2 Å². The molecule has 1 rings (SSSR count). The minimum Gasteiger partial charge on any atom is -0.517 e. The van der Waals surface area contributed by atoms with E-state index in [1.165, 1.54) is 0 Å². The molecule has 0 bridgehead atoms. The number of ether oxygens (including phenoxy) is 1. The van der Waals surface area contributed by atoms with E-state index in [9.17, 15) is 8.42 Å². The molecule has 0 fully saturated rings. The average molecular weight is 240 g/mol. The van der Waals surface area contributed by atoms with Crippen molar-refractivity contribution >= 4 is 10.4 Å². The Balaban J connectivity index is 0.00000196. The van der Waals surface area contributed by atoms with Crippen molar-refractivity contribution in [1.29, 1.82) is 0 Å². The fourth-order valence-electron chi connectivity index (χ4n) is 0.767. The van der Waals surface area contributed by atoms with E-state index in [-0.39, 0.29) is 42.8 Å². The van der Waals surface area contributed by atoms with Crippen molar-refractivity contribution in [2.45, 2.75) is 0 Å². The van der Waals surface area contributed by atoms with Crippen molar-refractivity contribution in [2.24, 2.45) is 0 Å². The number of benzene rings is 1. The van der Waals surface area contributed by atoms with Crippen LogP contribution in [0.4, 0.5) is 0 Å². The van der Waals surface area contributed by atoms with E-state index in [4.69, 9.17) is 9.29 Å². The Labute approximate surface area is 111 Å². The van der Waals surface area contributed by atoms with Gasteiger partial charge in [-0.15, -0.1) is 12.1 Å². The van der Waals surface area contributed by atoms with Crippen LogP contribution in [0.25, 0.3) is 0 Å². The van der Waals surface area contributed by atoms with Crippen LogP contribution >= 0.6 is 0 Å². The van der Waals surface area contributed by atoms with Gasteiger partial charge in [-0.25, -0.2) is 4.18 Å². The number of hydrogen-bond acceptors (Lipinski definition) is 4. The zero-order valence-electron chi connectivity index (χ0n) is 8.21. The van der Waals surface area contributed by atoms with Crippen LogP contribution in [0.3, 0.4) is 0 Å². The summed E-state index contributed by atoms with van der Waals surface area (Å²) in [5, 5.41) is 0. The summed E-state index contributed by atoms with van der Waals surface area (Å²) in [6.07, 6.45) is 0. The molecule has 0 saturated heterocycles. The van der Waals surface area contributed by atoms with Crippen LogP contribution in [-0.2, 0) is 14.6 Å². The van der Waals surface area contributed by atoms with Crippen LogP contribution in [0.1, 0.15) is 0 Å². The fraction of sp³-hybridized carbons (Fsp3) is 0.250. The summed E-state index contributed by atoms with van der Waals surface area (Å²) in [6.45, 7) is -0.179. The van der Waals surface area contributed by atoms with E-state index < -0.39 is 10.4 Å². The molecule has 0 aliphatic heterocycles. The summed E-state index contributed by atoms with van der Waals surface area (Å²) in [6, 6.07) is 9.48. The van der Waals surface area contributed by atoms with Gasteiger partial charge in [0, 0.05) is 5.75 Å². The maximum atomic E-state index is 10.1. The molecule has 7 heteroatoms. The largest absolute Gasteiger partial charge is 1.00 e. The van der Waals surface area contributed by atoms with Gasteiger partial charge in [0.05, 0.1) is 0 Å². The van der Waals surface area contributed by atoms with Crippen molar-refractivity contribution in [3.8, 4) is 5.75 Å². The molecule has 15 heavy (non-hydrogen) atoms. The second kappa shape index (κ2) is 7.21. The molecule has 78 valence electrons. The quantitative estimate of drug-likeness (QED) is 0.271. The molecule has 0 atom stereocenters. The molecule has 0 saturated carbocycles. The Bertz CT molecular complexity index is 364. The number of rotatable bonds is 5. The van der Waals surface area contributed by atoms with Gasteiger partial charge in [-0.2, -0.15) is 26.6 Å². The molecule has 0 radical (unpaired) electrons. The minimum absolute atomic E-state index is 0. The first-order chi connectivity index (χ1) is 6.58. The molecule has 0 spiro atoms. The first-order valence-corrected chi connectivity index (χ1v) is 5.15. The maximum absolute atomic E-state index is 10.1. The second-order valence-electron chi connectivity index (χ2n) is 2.33. The Kier molecular flexibility index (Phi) is 7.16. The van der Waals surface area contributed by atoms with Crippen molar-refractivity contribution in [3.05, 3.63) is 30.3 Å². The van der Waals surface area contributed by atoms with Crippen LogP contribution < -0.4 is 34.3 Å². The molecule has 0 amide bonds. The topological polar surface area (TPSA) is 72.8 Å². The molecule has 5 nitrogen and oxygen atoms in total. The standard InChI is InChI=1S/C8H9O5S.Na/c9-14(10,11)13-7-6-12-8-4-2-1-3-5-8;/h2-5H,6-7H2,(H,9,10,11);/q-1;+1. The summed E-state index contributed by atoms with van der Waals surface area (Å²) >= 11 is 0. The molecule has 0 heterocycles. The monoisotopic (exact) mass is 240 g/mol. The average Bonchev–Trinajstić information content (AvgIpc) is 2.13. The molecule has 0 aliphatic carbocycles. The van der Waals surface area contributed by atoms with Crippen LogP contribution in [0.15, 0.2) is 24.3 Å². The summed E-state index contributed by atoms with van der Waals surface area (Å²) < 4.78 is 37.6. The molecule has 0 aromatic heterocycles. The first-order valence-electron chi connectivity index (χ1n) is 3.79. The van der Waals surface area contributed by atoms with Crippen molar-refractivity contribution in [3.63, 3.8) is 0 Å². The molecule has 1 aromatic rings. The summed E-state index contributed by atoms with van der Waals surface area (Å²) in [5.41, 5.74) is 0. The fourth-order valence-corrected chi connectivity index (χ4v) is 1.05. The van der Waals surface area contributed by atoms with E-state index in [0.29, 0.717) is 5.75 Å². The Morgan fingerprint density at radius 2 is 1.87 bits per heavy atom. The predicted octanol–water partition coefficient (Wildman–Crippen LogP) is -2.31. The van der Waals surface area contributed by atoms with Gasteiger partial charge in [-0.1, -0.05) is 0 Å². The third-order valence-electron chi connectivity index (χ3n) is 1.27. The van der Waals surface area contributed by atoms with Gasteiger partial charge in [0.15, 0.2) is 0 Å². The van der Waals surface area contributed by atoms with Crippen molar-refractivity contribution < 1.29 is 51.4 Å². The van der Waals surface area contributed by atoms with E-state index in [1.807, 2.05) is 0 Å². The van der Waals surface area contributed by atoms with E-state index in [0.717, 1.165) is 0 Å². The molecular formula is C8H9NaO5S. The third-order valence-corrected chi connectivity index (χ3v) is 1.74. The molecular weight excluding hydrogens is 231 g/mol. The summed E-state index contributed by atoms with van der Waals surface area (Å²) in [5.74, 6) is 0.586. The van der Waals surface area contributed by atoms with Gasteiger partial charge >= 0.3 is 40.0 Å². The second-order valence-corrected chi connectivity index (χ2v) is 3.43. The van der Waals surface area contributed by atoms with Crippen LogP contribution in [0.5, 0.6) is 5.75 Å². The van der Waals surface area contributed by atoms with Gasteiger partial charge in [-0.3, -0.25) is 4.55 Å². The normalized spacial score (nSPS) is 10.5. The van der Waals surface area contributed by atoms with Crippen LogP contribution in [0, 0.1) is 6.07 Å². The van der Waals surface area contributed by atoms with Crippen LogP contribution in [-0.4, -0.2) is 26.2 Å². The van der Waals surface area contributed by atoms with E-state index in [1.54, 1.807) is 24.3 Å². The Morgan fingerprint density at radius 3 is 2.40 bits per heavy atom. The van der Waals surface area contributed by atoms with Gasteiger partial charge in [0.25, 0.3) is 0 Å². The molecule has 0 unspecified atom stereocenters. The predicted molar refractivity (Wildman–Crippen MR) is 48.3 cm³/mol. The van der Waals surface area contributed by atoms with Crippen LogP contribution in [0.2, 0.25) is 0 Å². The van der Waals surface area contributed by atoms with Gasteiger partial charge < -0.3 is 4.74 Å². The zero-order valence-corrected chi connectivity index (χ0v) is 11.0. The smallest absolute Gasteiger partial charge is 0.517 e. The third kappa shape index (κ3) is 7.78. The van der Waals surface area contributed by atoms with Gasteiger partial charge in [-0.05, 0) is 0 Å². The SMILES string of the molecule is O=S(=O)(O)OCCOc1cc[c-]cc1.[Na+]. The minimum atomic E-state index is -4.36. The first kappa shape index (κ1) is 14.9. The maximum Gasteiger partial charge on any atom is 1.00 e. The summed E-state index contributed by atoms with van der Waals surface area (Å²) in [7, 11) is -4.36. The number of hydrogen-bond donors (Lipinski definition) is 1.